The highest BCUT2D eigenvalue weighted by Crippen LogP contribution is 2.28. The Morgan fingerprint density at radius 2 is 1.79 bits per heavy atom. The van der Waals surface area contributed by atoms with Crippen molar-refractivity contribution in [2.24, 2.45) is 11.8 Å². The van der Waals surface area contributed by atoms with Crippen LogP contribution in [0.15, 0.2) is 0 Å². The molecule has 1 unspecified atom stereocenters. The molecule has 1 aliphatic heterocycles. The van der Waals surface area contributed by atoms with Crippen molar-refractivity contribution >= 4 is 16.2 Å². The molecule has 0 spiro atoms. The molecule has 0 aromatic carbocycles. The van der Waals surface area contributed by atoms with Gasteiger partial charge in [0.05, 0.1) is 5.92 Å². The largest absolute Gasteiger partial charge is 0.481 e. The van der Waals surface area contributed by atoms with E-state index in [0.29, 0.717) is 26.2 Å². The topological polar surface area (TPSA) is 77.9 Å². The van der Waals surface area contributed by atoms with Crippen molar-refractivity contribution in [2.75, 3.05) is 26.2 Å². The maximum Gasteiger partial charge on any atom is 0.306 e. The maximum atomic E-state index is 12.3. The minimum atomic E-state index is -3.41. The molecular weight excluding hydrogens is 268 g/mol. The molecule has 0 amide bonds. The number of aliphatic carboxylic acids is 1. The number of hydrogen-bond acceptors (Lipinski definition) is 3. The average Bonchev–Trinajstić information content (AvgIpc) is 2.26. The van der Waals surface area contributed by atoms with Gasteiger partial charge < -0.3 is 5.11 Å². The lowest BCUT2D eigenvalue weighted by atomic mass is 9.89. The molecule has 1 heterocycles. The third kappa shape index (κ3) is 3.67. The van der Waals surface area contributed by atoms with Gasteiger partial charge in [0.25, 0.3) is 10.2 Å². The molecule has 0 aliphatic carbocycles. The first-order valence-electron chi connectivity index (χ1n) is 6.82. The summed E-state index contributed by atoms with van der Waals surface area (Å²) < 4.78 is 27.6. The Morgan fingerprint density at radius 1 is 1.32 bits per heavy atom. The minimum Gasteiger partial charge on any atom is -0.481 e. The van der Waals surface area contributed by atoms with Crippen LogP contribution in [-0.2, 0) is 15.0 Å². The van der Waals surface area contributed by atoms with Crippen LogP contribution < -0.4 is 0 Å². The zero-order valence-corrected chi connectivity index (χ0v) is 12.7. The first-order chi connectivity index (χ1) is 8.84. The smallest absolute Gasteiger partial charge is 0.306 e. The van der Waals surface area contributed by atoms with Crippen LogP contribution in [-0.4, -0.2) is 54.3 Å². The van der Waals surface area contributed by atoms with Crippen molar-refractivity contribution < 1.29 is 18.3 Å². The lowest BCUT2D eigenvalue weighted by molar-refractivity contribution is -0.144. The summed E-state index contributed by atoms with van der Waals surface area (Å²) in [5.74, 6) is -1.42. The number of carboxylic acids is 1. The zero-order valence-electron chi connectivity index (χ0n) is 11.9. The molecule has 7 heteroatoms. The van der Waals surface area contributed by atoms with Crippen molar-refractivity contribution in [1.82, 2.24) is 8.61 Å². The van der Waals surface area contributed by atoms with Gasteiger partial charge in [-0.25, -0.2) is 0 Å². The van der Waals surface area contributed by atoms with E-state index in [1.54, 1.807) is 6.92 Å². The monoisotopic (exact) mass is 292 g/mol. The average molecular weight is 292 g/mol. The van der Waals surface area contributed by atoms with Gasteiger partial charge in [-0.15, -0.1) is 0 Å². The van der Waals surface area contributed by atoms with Gasteiger partial charge in [0.1, 0.15) is 0 Å². The molecule has 19 heavy (non-hydrogen) atoms. The van der Waals surface area contributed by atoms with Crippen molar-refractivity contribution in [2.45, 2.75) is 33.6 Å². The fourth-order valence-electron chi connectivity index (χ4n) is 2.18. The first kappa shape index (κ1) is 16.4. The summed E-state index contributed by atoms with van der Waals surface area (Å²) in [6.45, 7) is 7.21. The van der Waals surface area contributed by atoms with Gasteiger partial charge >= 0.3 is 5.97 Å². The molecule has 1 rings (SSSR count). The van der Waals surface area contributed by atoms with E-state index in [1.807, 2.05) is 13.8 Å². The van der Waals surface area contributed by atoms with Gasteiger partial charge in [0.2, 0.25) is 0 Å². The number of nitrogens with zero attached hydrogens (tertiary/aromatic N) is 2. The fraction of sp³-hybridized carbons (Fsp3) is 0.917. The van der Waals surface area contributed by atoms with Crippen molar-refractivity contribution in [1.29, 1.82) is 0 Å². The van der Waals surface area contributed by atoms with E-state index in [2.05, 4.69) is 0 Å². The summed E-state index contributed by atoms with van der Waals surface area (Å²) in [6.07, 6.45) is 1.56. The maximum absolute atomic E-state index is 12.3. The van der Waals surface area contributed by atoms with Crippen LogP contribution in [0.3, 0.4) is 0 Å². The molecule has 1 atom stereocenters. The van der Waals surface area contributed by atoms with E-state index in [4.69, 9.17) is 5.11 Å². The molecule has 0 saturated carbocycles. The molecular formula is C12H24N2O4S. The van der Waals surface area contributed by atoms with E-state index >= 15 is 0 Å². The zero-order chi connectivity index (χ0) is 14.6. The fourth-order valence-corrected chi connectivity index (χ4v) is 4.09. The second kappa shape index (κ2) is 6.67. The highest BCUT2D eigenvalue weighted by atomic mass is 32.2. The first-order valence-corrected chi connectivity index (χ1v) is 8.22. The molecule has 1 aliphatic rings. The van der Waals surface area contributed by atoms with Gasteiger partial charge in [0.15, 0.2) is 0 Å². The number of hydrogen-bond donors (Lipinski definition) is 1. The van der Waals surface area contributed by atoms with Crippen LogP contribution in [0.5, 0.6) is 0 Å². The third-order valence-corrected chi connectivity index (χ3v) is 5.54. The van der Waals surface area contributed by atoms with Crippen LogP contribution >= 0.6 is 0 Å². The molecule has 0 aromatic heterocycles. The van der Waals surface area contributed by atoms with E-state index in [1.165, 1.54) is 8.61 Å². The molecule has 1 fully saturated rings. The van der Waals surface area contributed by atoms with E-state index in [9.17, 15) is 13.2 Å². The predicted octanol–water partition coefficient (Wildman–Crippen LogP) is 1.01. The molecule has 0 aromatic rings. The standard InChI is InChI=1S/C12H24N2O4S/c1-4-6-13(7-5-2)19(17,18)14-8-11(9-14)10(3)12(15)16/h10-11H,4-9H2,1-3H3,(H,15,16). The van der Waals surface area contributed by atoms with Crippen molar-refractivity contribution in [3.05, 3.63) is 0 Å². The molecule has 0 bridgehead atoms. The molecule has 1 N–H and O–H groups in total. The Morgan fingerprint density at radius 3 is 2.16 bits per heavy atom. The number of carbonyl (C=O) groups is 1. The van der Waals surface area contributed by atoms with Crippen LogP contribution in [0.25, 0.3) is 0 Å². The van der Waals surface area contributed by atoms with Gasteiger partial charge in [-0.05, 0) is 18.8 Å². The van der Waals surface area contributed by atoms with Crippen molar-refractivity contribution in [3.8, 4) is 0 Å². The Labute approximate surface area is 115 Å². The Bertz CT molecular complexity index is 398. The summed E-state index contributed by atoms with van der Waals surface area (Å²) in [5, 5.41) is 8.91. The SMILES string of the molecule is CCCN(CCC)S(=O)(=O)N1CC(C(C)C(=O)O)C1. The van der Waals surface area contributed by atoms with Gasteiger partial charge in [0, 0.05) is 26.2 Å². The van der Waals surface area contributed by atoms with Crippen LogP contribution in [0.2, 0.25) is 0 Å². The van der Waals surface area contributed by atoms with Gasteiger partial charge in [-0.3, -0.25) is 4.79 Å². The normalized spacial score (nSPS) is 19.4. The summed E-state index contributed by atoms with van der Waals surface area (Å²) in [5.41, 5.74) is 0. The van der Waals surface area contributed by atoms with Gasteiger partial charge in [-0.2, -0.15) is 17.0 Å². The summed E-state index contributed by atoms with van der Waals surface area (Å²) >= 11 is 0. The minimum absolute atomic E-state index is 0.0719. The quantitative estimate of drug-likeness (QED) is 0.724. The van der Waals surface area contributed by atoms with Gasteiger partial charge in [-0.1, -0.05) is 20.8 Å². The molecule has 112 valence electrons. The highest BCUT2D eigenvalue weighted by Gasteiger charge is 2.42. The lowest BCUT2D eigenvalue weighted by Gasteiger charge is -2.42. The van der Waals surface area contributed by atoms with E-state index < -0.39 is 22.1 Å². The Kier molecular flexibility index (Phi) is 5.76. The predicted molar refractivity (Wildman–Crippen MR) is 72.9 cm³/mol. The van der Waals surface area contributed by atoms with Crippen LogP contribution in [0.4, 0.5) is 0 Å². The Hall–Kier alpha value is -0.660. The van der Waals surface area contributed by atoms with E-state index in [-0.39, 0.29) is 5.92 Å². The summed E-state index contributed by atoms with van der Waals surface area (Å²) in [6, 6.07) is 0. The number of rotatable bonds is 8. The van der Waals surface area contributed by atoms with Crippen molar-refractivity contribution in [3.63, 3.8) is 0 Å². The second-order valence-electron chi connectivity index (χ2n) is 5.11. The molecule has 0 radical (unpaired) electrons. The lowest BCUT2D eigenvalue weighted by Crippen LogP contribution is -2.57. The summed E-state index contributed by atoms with van der Waals surface area (Å²) in [7, 11) is -3.41. The molecule has 6 nitrogen and oxygen atoms in total. The highest BCUT2D eigenvalue weighted by molar-refractivity contribution is 7.86. The Balaban J connectivity index is 2.63. The van der Waals surface area contributed by atoms with E-state index in [0.717, 1.165) is 12.8 Å². The third-order valence-electron chi connectivity index (χ3n) is 3.57. The second-order valence-corrected chi connectivity index (χ2v) is 7.04. The van der Waals surface area contributed by atoms with Crippen LogP contribution in [0.1, 0.15) is 33.6 Å². The summed E-state index contributed by atoms with van der Waals surface area (Å²) in [4.78, 5) is 10.9. The molecule has 1 saturated heterocycles. The number of carboxylic acid groups (broad SMARTS) is 1. The van der Waals surface area contributed by atoms with Crippen LogP contribution in [0, 0.1) is 11.8 Å².